The van der Waals surface area contributed by atoms with E-state index >= 15 is 0 Å². The van der Waals surface area contributed by atoms with Crippen molar-refractivity contribution in [3.8, 4) is 5.75 Å². The maximum Gasteiger partial charge on any atom is 0.174 e. The van der Waals surface area contributed by atoms with Crippen LogP contribution in [0.5, 0.6) is 5.75 Å². The van der Waals surface area contributed by atoms with Crippen molar-refractivity contribution in [2.75, 3.05) is 75.8 Å². The fourth-order valence-corrected chi connectivity index (χ4v) is 3.76. The van der Waals surface area contributed by atoms with E-state index in [4.69, 9.17) is 26.4 Å². The number of anilines is 3. The molecule has 0 unspecified atom stereocenters. The second-order valence-corrected chi connectivity index (χ2v) is 7.72. The Morgan fingerprint density at radius 1 is 0.903 bits per heavy atom. The van der Waals surface area contributed by atoms with Crippen LogP contribution in [0, 0.1) is 0 Å². The van der Waals surface area contributed by atoms with Gasteiger partial charge in [-0.15, -0.1) is 0 Å². The molecule has 168 valence electrons. The molecule has 0 radical (unpaired) electrons. The van der Waals surface area contributed by atoms with Gasteiger partial charge in [0.05, 0.1) is 13.7 Å². The van der Waals surface area contributed by atoms with Crippen LogP contribution in [0.1, 0.15) is 0 Å². The number of ether oxygens (including phenoxy) is 3. The Kier molecular flexibility index (Phi) is 8.34. The van der Waals surface area contributed by atoms with Crippen molar-refractivity contribution in [1.82, 2.24) is 5.32 Å². The average molecular weight is 445 g/mol. The van der Waals surface area contributed by atoms with E-state index in [1.807, 2.05) is 24.1 Å². The highest BCUT2D eigenvalue weighted by molar-refractivity contribution is 7.80. The number of methoxy groups -OCH3 is 3. The summed E-state index contributed by atoms with van der Waals surface area (Å²) in [7, 11) is 6.86. The highest BCUT2D eigenvalue weighted by Gasteiger charge is 2.18. The summed E-state index contributed by atoms with van der Waals surface area (Å²) in [6.07, 6.45) is -0.328. The lowest BCUT2D eigenvalue weighted by Crippen LogP contribution is -2.46. The van der Waals surface area contributed by atoms with E-state index in [9.17, 15) is 0 Å². The van der Waals surface area contributed by atoms with Crippen LogP contribution < -0.4 is 24.8 Å². The van der Waals surface area contributed by atoms with Gasteiger partial charge in [-0.1, -0.05) is 0 Å². The molecule has 1 aliphatic rings. The minimum Gasteiger partial charge on any atom is -0.497 e. The van der Waals surface area contributed by atoms with Gasteiger partial charge in [-0.2, -0.15) is 0 Å². The lowest BCUT2D eigenvalue weighted by Gasteiger charge is -2.37. The third-order valence-electron chi connectivity index (χ3n) is 5.57. The monoisotopic (exact) mass is 444 g/mol. The summed E-state index contributed by atoms with van der Waals surface area (Å²) in [6, 6.07) is 16.8. The smallest absolute Gasteiger partial charge is 0.174 e. The average Bonchev–Trinajstić information content (AvgIpc) is 2.84. The van der Waals surface area contributed by atoms with Crippen molar-refractivity contribution in [3.63, 3.8) is 0 Å². The van der Waals surface area contributed by atoms with Gasteiger partial charge in [0.2, 0.25) is 0 Å². The molecule has 2 aromatic rings. The van der Waals surface area contributed by atoms with Gasteiger partial charge in [0.15, 0.2) is 11.4 Å². The number of benzene rings is 2. The fraction of sp³-hybridized carbons (Fsp3) is 0.435. The van der Waals surface area contributed by atoms with E-state index in [1.54, 1.807) is 21.3 Å². The zero-order valence-corrected chi connectivity index (χ0v) is 19.5. The minimum atomic E-state index is -0.328. The Hall–Kier alpha value is -2.55. The Morgan fingerprint density at radius 2 is 1.39 bits per heavy atom. The summed E-state index contributed by atoms with van der Waals surface area (Å²) in [6.45, 7) is 4.43. The molecule has 0 aromatic heterocycles. The number of rotatable bonds is 8. The normalized spacial score (nSPS) is 14.0. The maximum atomic E-state index is 5.49. The van der Waals surface area contributed by atoms with Crippen LogP contribution in [0.2, 0.25) is 0 Å². The van der Waals surface area contributed by atoms with Gasteiger partial charge in [0.25, 0.3) is 0 Å². The van der Waals surface area contributed by atoms with Crippen molar-refractivity contribution in [2.24, 2.45) is 0 Å². The number of nitrogens with one attached hydrogen (secondary N) is 1. The third kappa shape index (κ3) is 6.00. The molecule has 1 N–H and O–H groups in total. The maximum absolute atomic E-state index is 5.49. The van der Waals surface area contributed by atoms with E-state index in [0.29, 0.717) is 11.7 Å². The first-order valence-corrected chi connectivity index (χ1v) is 10.8. The molecule has 0 aliphatic carbocycles. The molecule has 7 nitrogen and oxygen atoms in total. The Labute approximate surface area is 190 Å². The molecule has 2 aromatic carbocycles. The second kappa shape index (κ2) is 11.2. The molecule has 3 rings (SSSR count). The zero-order valence-electron chi connectivity index (χ0n) is 18.7. The molecule has 8 heteroatoms. The van der Waals surface area contributed by atoms with E-state index in [1.165, 1.54) is 11.4 Å². The minimum absolute atomic E-state index is 0.328. The largest absolute Gasteiger partial charge is 0.497 e. The summed E-state index contributed by atoms with van der Waals surface area (Å²) in [4.78, 5) is 6.78. The van der Waals surface area contributed by atoms with E-state index in [0.717, 1.165) is 37.6 Å². The van der Waals surface area contributed by atoms with Crippen LogP contribution in [0.25, 0.3) is 0 Å². The van der Waals surface area contributed by atoms with Gasteiger partial charge in [0, 0.05) is 64.5 Å². The van der Waals surface area contributed by atoms with Crippen molar-refractivity contribution >= 4 is 34.4 Å². The topological polar surface area (TPSA) is 49.4 Å². The van der Waals surface area contributed by atoms with E-state index in [-0.39, 0.29) is 6.29 Å². The summed E-state index contributed by atoms with van der Waals surface area (Å²) >= 11 is 5.49. The SMILES string of the molecule is COc1ccc(N2CCN(c3ccc(N(C)C(=S)NCC(OC)OC)cc3)CC2)cc1. The van der Waals surface area contributed by atoms with Crippen molar-refractivity contribution < 1.29 is 14.2 Å². The first-order valence-electron chi connectivity index (χ1n) is 10.4. The molecule has 1 aliphatic heterocycles. The molecular weight excluding hydrogens is 412 g/mol. The highest BCUT2D eigenvalue weighted by atomic mass is 32.1. The van der Waals surface area contributed by atoms with Crippen molar-refractivity contribution in [2.45, 2.75) is 6.29 Å². The molecule has 0 atom stereocenters. The molecule has 1 fully saturated rings. The van der Waals surface area contributed by atoms with Crippen molar-refractivity contribution in [1.29, 1.82) is 0 Å². The Bertz CT molecular complexity index is 820. The predicted molar refractivity (Wildman–Crippen MR) is 131 cm³/mol. The van der Waals surface area contributed by atoms with Crippen LogP contribution in [0.3, 0.4) is 0 Å². The van der Waals surface area contributed by atoms with Crippen LogP contribution >= 0.6 is 12.2 Å². The molecule has 0 saturated carbocycles. The van der Waals surface area contributed by atoms with Crippen molar-refractivity contribution in [3.05, 3.63) is 48.5 Å². The zero-order chi connectivity index (χ0) is 22.2. The number of piperazine rings is 1. The summed E-state index contributed by atoms with van der Waals surface area (Å²) < 4.78 is 15.6. The van der Waals surface area contributed by atoms with E-state index in [2.05, 4.69) is 51.5 Å². The predicted octanol–water partition coefficient (Wildman–Crippen LogP) is 2.95. The van der Waals surface area contributed by atoms with Gasteiger partial charge >= 0.3 is 0 Å². The van der Waals surface area contributed by atoms with Gasteiger partial charge in [-0.3, -0.25) is 0 Å². The molecule has 0 spiro atoms. The molecule has 31 heavy (non-hydrogen) atoms. The van der Waals surface area contributed by atoms with Gasteiger partial charge in [-0.25, -0.2) is 0 Å². The molecular formula is C23H32N4O3S. The Morgan fingerprint density at radius 3 is 1.84 bits per heavy atom. The molecule has 1 heterocycles. The standard InChI is InChI=1S/C23H32N4O3S/c1-25(23(31)24-17-22(29-3)30-4)18-5-7-19(8-6-18)26-13-15-27(16-14-26)20-9-11-21(28-2)12-10-20/h5-12,22H,13-17H2,1-4H3,(H,24,31). The number of thiocarbonyl (C=S) groups is 1. The second-order valence-electron chi connectivity index (χ2n) is 7.33. The Balaban J connectivity index is 1.52. The fourth-order valence-electron chi connectivity index (χ4n) is 3.57. The number of hydrogen-bond donors (Lipinski definition) is 1. The third-order valence-corrected chi connectivity index (χ3v) is 5.99. The summed E-state index contributed by atoms with van der Waals surface area (Å²) in [5, 5.41) is 3.80. The first-order chi connectivity index (χ1) is 15.0. The lowest BCUT2D eigenvalue weighted by molar-refractivity contribution is -0.0964. The lowest BCUT2D eigenvalue weighted by atomic mass is 10.2. The number of nitrogens with zero attached hydrogens (tertiary/aromatic N) is 3. The van der Waals surface area contributed by atoms with Gasteiger partial charge in [-0.05, 0) is 60.7 Å². The highest BCUT2D eigenvalue weighted by Crippen LogP contribution is 2.24. The van der Waals surface area contributed by atoms with Crippen LogP contribution in [-0.4, -0.2) is 72.5 Å². The quantitative estimate of drug-likeness (QED) is 0.493. The number of hydrogen-bond acceptors (Lipinski definition) is 6. The molecule has 0 amide bonds. The summed E-state index contributed by atoms with van der Waals surface area (Å²) in [5.74, 6) is 0.888. The van der Waals surface area contributed by atoms with Gasteiger partial charge in [0.1, 0.15) is 5.75 Å². The van der Waals surface area contributed by atoms with Gasteiger partial charge < -0.3 is 34.2 Å². The molecule has 1 saturated heterocycles. The molecule has 0 bridgehead atoms. The first kappa shape index (κ1) is 23.1. The van der Waals surface area contributed by atoms with E-state index < -0.39 is 0 Å². The van der Waals surface area contributed by atoms with Crippen LogP contribution in [0.4, 0.5) is 17.1 Å². The van der Waals surface area contributed by atoms with Crippen LogP contribution in [0.15, 0.2) is 48.5 Å². The van der Waals surface area contributed by atoms with Crippen LogP contribution in [-0.2, 0) is 9.47 Å². The summed E-state index contributed by atoms with van der Waals surface area (Å²) in [5.41, 5.74) is 3.50.